The van der Waals surface area contributed by atoms with E-state index in [0.29, 0.717) is 0 Å². The third-order valence-corrected chi connectivity index (χ3v) is 3.63. The second-order valence-electron chi connectivity index (χ2n) is 5.40. The van der Waals surface area contributed by atoms with E-state index in [4.69, 9.17) is 0 Å². The molecular weight excluding hydrogens is 202 g/mol. The Morgan fingerprint density at radius 1 is 1.25 bits per heavy atom. The van der Waals surface area contributed by atoms with Crippen molar-refractivity contribution in [2.24, 2.45) is 0 Å². The summed E-state index contributed by atoms with van der Waals surface area (Å²) in [5, 5.41) is 19.2. The van der Waals surface area contributed by atoms with E-state index in [9.17, 15) is 10.2 Å². The fourth-order valence-electron chi connectivity index (χ4n) is 2.61. The van der Waals surface area contributed by atoms with Crippen molar-refractivity contribution < 1.29 is 10.2 Å². The highest BCUT2D eigenvalue weighted by atomic mass is 16.3. The Hall–Kier alpha value is -1.22. The molecule has 1 aliphatic rings. The number of aromatic hydroxyl groups is 2. The Kier molecular flexibility index (Phi) is 2.39. The molecule has 1 heterocycles. The van der Waals surface area contributed by atoms with Gasteiger partial charge in [0.2, 0.25) is 0 Å². The van der Waals surface area contributed by atoms with Crippen molar-refractivity contribution >= 4 is 0 Å². The zero-order valence-corrected chi connectivity index (χ0v) is 10.3. The molecule has 0 unspecified atom stereocenters. The van der Waals surface area contributed by atoms with Crippen molar-refractivity contribution in [3.05, 3.63) is 23.3 Å². The van der Waals surface area contributed by atoms with Gasteiger partial charge < -0.3 is 10.2 Å². The molecule has 0 amide bonds. The van der Waals surface area contributed by atoms with Crippen molar-refractivity contribution in [1.82, 2.24) is 4.90 Å². The Labute approximate surface area is 96.3 Å². The van der Waals surface area contributed by atoms with Crippen LogP contribution in [0.4, 0.5) is 0 Å². The number of likely N-dealkylation sites (N-methyl/N-ethyl adjacent to an activating group) is 1. The summed E-state index contributed by atoms with van der Waals surface area (Å²) in [6.07, 6.45) is 0. The third kappa shape index (κ3) is 1.55. The van der Waals surface area contributed by atoms with Gasteiger partial charge in [-0.05, 0) is 37.2 Å². The predicted octanol–water partition coefficient (Wildman–Crippen LogP) is 2.38. The summed E-state index contributed by atoms with van der Waals surface area (Å²) in [7, 11) is 2.08. The maximum Gasteiger partial charge on any atom is 0.157 e. The van der Waals surface area contributed by atoms with Crippen molar-refractivity contribution in [3.8, 4) is 11.5 Å². The zero-order chi connectivity index (χ0) is 12.1. The fraction of sp³-hybridized carbons (Fsp3) is 0.538. The molecule has 0 aromatic heterocycles. The molecule has 3 nitrogen and oxygen atoms in total. The van der Waals surface area contributed by atoms with Crippen LogP contribution in [0.5, 0.6) is 11.5 Å². The topological polar surface area (TPSA) is 43.7 Å². The van der Waals surface area contributed by atoms with Gasteiger partial charge in [-0.15, -0.1) is 0 Å². The van der Waals surface area contributed by atoms with Crippen LogP contribution in [-0.2, 0) is 5.41 Å². The highest BCUT2D eigenvalue weighted by Gasteiger charge is 2.34. The van der Waals surface area contributed by atoms with Crippen LogP contribution in [0.25, 0.3) is 0 Å². The summed E-state index contributed by atoms with van der Waals surface area (Å²) in [5.41, 5.74) is 2.24. The smallest absolute Gasteiger partial charge is 0.157 e. The minimum atomic E-state index is -0.0308. The monoisotopic (exact) mass is 221 g/mol. The van der Waals surface area contributed by atoms with E-state index in [1.807, 2.05) is 0 Å². The molecule has 0 saturated carbocycles. The van der Waals surface area contributed by atoms with E-state index in [-0.39, 0.29) is 23.0 Å². The predicted molar refractivity (Wildman–Crippen MR) is 63.8 cm³/mol. The van der Waals surface area contributed by atoms with Crippen molar-refractivity contribution in [3.63, 3.8) is 0 Å². The van der Waals surface area contributed by atoms with E-state index in [1.54, 1.807) is 12.1 Å². The first-order valence-corrected chi connectivity index (χ1v) is 5.59. The van der Waals surface area contributed by atoms with Crippen molar-refractivity contribution in [2.75, 3.05) is 13.6 Å². The van der Waals surface area contributed by atoms with Gasteiger partial charge in [-0.1, -0.05) is 13.8 Å². The highest BCUT2D eigenvalue weighted by Crippen LogP contribution is 2.43. The maximum absolute atomic E-state index is 9.60. The fourth-order valence-corrected chi connectivity index (χ4v) is 2.61. The minimum Gasteiger partial charge on any atom is -0.504 e. The van der Waals surface area contributed by atoms with Gasteiger partial charge in [0, 0.05) is 18.0 Å². The molecular formula is C13H19NO2. The molecule has 1 atom stereocenters. The van der Waals surface area contributed by atoms with Gasteiger partial charge in [0.05, 0.1) is 0 Å². The Morgan fingerprint density at radius 2 is 1.81 bits per heavy atom. The second-order valence-corrected chi connectivity index (χ2v) is 5.40. The molecule has 0 radical (unpaired) electrons. The van der Waals surface area contributed by atoms with Crippen LogP contribution in [0, 0.1) is 0 Å². The van der Waals surface area contributed by atoms with Crippen LogP contribution < -0.4 is 0 Å². The number of phenols is 2. The summed E-state index contributed by atoms with van der Waals surface area (Å²) in [4.78, 5) is 2.26. The van der Waals surface area contributed by atoms with Gasteiger partial charge in [0.15, 0.2) is 11.5 Å². The summed E-state index contributed by atoms with van der Waals surface area (Å²) >= 11 is 0. The summed E-state index contributed by atoms with van der Waals surface area (Å²) in [6, 6.07) is 3.66. The molecule has 3 heteroatoms. The number of fused-ring (bicyclic) bond motifs is 1. The standard InChI is InChI=1S/C13H19NO2/c1-8-9-5-11(15)12(16)6-10(9)13(2,3)7-14(8)4/h5-6,8,15-16H,7H2,1-4H3/t8-/m0/s1. The molecule has 2 N–H and O–H groups in total. The number of phenolic OH excluding ortho intramolecular Hbond substituents is 2. The van der Waals surface area contributed by atoms with Crippen LogP contribution in [-0.4, -0.2) is 28.7 Å². The molecule has 0 spiro atoms. The number of nitrogens with zero attached hydrogens (tertiary/aromatic N) is 1. The van der Waals surface area contributed by atoms with E-state index >= 15 is 0 Å². The lowest BCUT2D eigenvalue weighted by molar-refractivity contribution is 0.187. The van der Waals surface area contributed by atoms with E-state index in [1.165, 1.54) is 0 Å². The van der Waals surface area contributed by atoms with Gasteiger partial charge >= 0.3 is 0 Å². The Morgan fingerprint density at radius 3 is 2.44 bits per heavy atom. The van der Waals surface area contributed by atoms with Gasteiger partial charge in [-0.2, -0.15) is 0 Å². The molecule has 1 aliphatic heterocycles. The third-order valence-electron chi connectivity index (χ3n) is 3.63. The molecule has 0 bridgehead atoms. The Balaban J connectivity index is 2.64. The lowest BCUT2D eigenvalue weighted by Gasteiger charge is -2.42. The van der Waals surface area contributed by atoms with E-state index < -0.39 is 0 Å². The number of hydrogen-bond donors (Lipinski definition) is 2. The van der Waals surface area contributed by atoms with Crippen molar-refractivity contribution in [1.29, 1.82) is 0 Å². The largest absolute Gasteiger partial charge is 0.504 e. The quantitative estimate of drug-likeness (QED) is 0.661. The summed E-state index contributed by atoms with van der Waals surface area (Å²) < 4.78 is 0. The van der Waals surface area contributed by atoms with Crippen LogP contribution >= 0.6 is 0 Å². The van der Waals surface area contributed by atoms with Gasteiger partial charge in [0.1, 0.15) is 0 Å². The van der Waals surface area contributed by atoms with Gasteiger partial charge in [-0.25, -0.2) is 0 Å². The van der Waals surface area contributed by atoms with Gasteiger partial charge in [0.25, 0.3) is 0 Å². The van der Waals surface area contributed by atoms with Crippen molar-refractivity contribution in [2.45, 2.75) is 32.2 Å². The first-order chi connectivity index (χ1) is 7.33. The SMILES string of the molecule is C[C@H]1c2cc(O)c(O)cc2C(C)(C)CN1C. The van der Waals surface area contributed by atoms with Gasteiger partial charge in [-0.3, -0.25) is 4.90 Å². The van der Waals surface area contributed by atoms with Crippen LogP contribution in [0.1, 0.15) is 37.9 Å². The molecule has 16 heavy (non-hydrogen) atoms. The molecule has 2 rings (SSSR count). The Bertz CT molecular complexity index is 426. The molecule has 0 aliphatic carbocycles. The second kappa shape index (κ2) is 3.39. The minimum absolute atomic E-state index is 0.00176. The van der Waals surface area contributed by atoms with Crippen LogP contribution in [0.2, 0.25) is 0 Å². The molecule has 1 aromatic carbocycles. The normalized spacial score (nSPS) is 24.1. The first-order valence-electron chi connectivity index (χ1n) is 5.59. The summed E-state index contributed by atoms with van der Waals surface area (Å²) in [5.74, 6) is -0.0553. The first kappa shape index (κ1) is 11.3. The van der Waals surface area contributed by atoms with Crippen LogP contribution in [0.15, 0.2) is 12.1 Å². The lowest BCUT2D eigenvalue weighted by atomic mass is 9.76. The lowest BCUT2D eigenvalue weighted by Crippen LogP contribution is -2.41. The molecule has 0 saturated heterocycles. The zero-order valence-electron chi connectivity index (χ0n) is 10.3. The summed E-state index contributed by atoms with van der Waals surface area (Å²) in [6.45, 7) is 7.38. The van der Waals surface area contributed by atoms with E-state index in [2.05, 4.69) is 32.7 Å². The number of hydrogen-bond acceptors (Lipinski definition) is 3. The average Bonchev–Trinajstić information content (AvgIpc) is 2.17. The molecule has 88 valence electrons. The highest BCUT2D eigenvalue weighted by molar-refractivity contribution is 5.50. The van der Waals surface area contributed by atoms with Crippen LogP contribution in [0.3, 0.4) is 0 Å². The molecule has 0 fully saturated rings. The van der Waals surface area contributed by atoms with E-state index in [0.717, 1.165) is 17.7 Å². The average molecular weight is 221 g/mol. The maximum atomic E-state index is 9.60. The number of rotatable bonds is 0. The number of benzene rings is 1. The molecule has 1 aromatic rings.